The monoisotopic (exact) mass is 430 g/mol. The van der Waals surface area contributed by atoms with Crippen molar-refractivity contribution >= 4 is 38.8 Å². The largest absolute Gasteiger partial charge is 0.286 e. The Kier molecular flexibility index (Phi) is 5.88. The second-order valence-electron chi connectivity index (χ2n) is 7.36. The fourth-order valence-corrected chi connectivity index (χ4v) is 4.00. The van der Waals surface area contributed by atoms with Crippen molar-refractivity contribution in [1.29, 1.82) is 0 Å². The number of amidine groups is 1. The summed E-state index contributed by atoms with van der Waals surface area (Å²) in [5, 5.41) is 0.817. The van der Waals surface area contributed by atoms with Gasteiger partial charge in [0.05, 0.1) is 6.54 Å². The van der Waals surface area contributed by atoms with Gasteiger partial charge in [-0.05, 0) is 40.8 Å². The molecule has 0 spiro atoms. The summed E-state index contributed by atoms with van der Waals surface area (Å²) in [6.07, 6.45) is 0. The lowest BCUT2D eigenvalue weighted by Crippen LogP contribution is -2.32. The Morgan fingerprint density at radius 3 is 2.38 bits per heavy atom. The van der Waals surface area contributed by atoms with Gasteiger partial charge in [0.2, 0.25) is 0 Å². The Balaban J connectivity index is 1.67. The van der Waals surface area contributed by atoms with Gasteiger partial charge >= 0.3 is 0 Å². The van der Waals surface area contributed by atoms with Gasteiger partial charge in [0.15, 0.2) is 5.17 Å². The first-order chi connectivity index (χ1) is 12.3. The number of carbonyl (C=O) groups is 1. The van der Waals surface area contributed by atoms with E-state index in [1.165, 1.54) is 11.1 Å². The lowest BCUT2D eigenvalue weighted by atomic mass is 9.86. The summed E-state index contributed by atoms with van der Waals surface area (Å²) in [6, 6.07) is 16.2. The molecule has 3 rings (SSSR count). The van der Waals surface area contributed by atoms with Crippen molar-refractivity contribution in [3.63, 3.8) is 0 Å². The molecule has 5 heteroatoms. The first kappa shape index (κ1) is 19.2. The van der Waals surface area contributed by atoms with Gasteiger partial charge in [-0.25, -0.2) is 0 Å². The van der Waals surface area contributed by atoms with E-state index in [1.54, 1.807) is 16.7 Å². The fraction of sp³-hybridized carbons (Fsp3) is 0.333. The number of thioether (sulfide) groups is 1. The quantitative estimate of drug-likeness (QED) is 0.644. The molecular formula is C21H23BrN2OS. The molecule has 26 heavy (non-hydrogen) atoms. The number of amides is 1. The van der Waals surface area contributed by atoms with Crippen molar-refractivity contribution in [2.24, 2.45) is 4.99 Å². The summed E-state index contributed by atoms with van der Waals surface area (Å²) in [5.41, 5.74) is 3.25. The normalized spacial score (nSPS) is 14.5. The van der Waals surface area contributed by atoms with Crippen LogP contribution in [0.15, 0.2) is 58.0 Å². The van der Waals surface area contributed by atoms with Crippen molar-refractivity contribution in [1.82, 2.24) is 4.90 Å². The van der Waals surface area contributed by atoms with Crippen LogP contribution in [-0.4, -0.2) is 29.1 Å². The van der Waals surface area contributed by atoms with E-state index in [-0.39, 0.29) is 11.3 Å². The molecule has 0 N–H and O–H groups in total. The van der Waals surface area contributed by atoms with Gasteiger partial charge in [-0.2, -0.15) is 0 Å². The maximum Gasteiger partial charge on any atom is 0.259 e. The maximum atomic E-state index is 12.9. The van der Waals surface area contributed by atoms with E-state index in [0.29, 0.717) is 13.1 Å². The number of halogens is 1. The first-order valence-electron chi connectivity index (χ1n) is 8.69. The molecule has 0 aliphatic carbocycles. The first-order valence-corrected chi connectivity index (χ1v) is 10.5. The van der Waals surface area contributed by atoms with E-state index >= 15 is 0 Å². The smallest absolute Gasteiger partial charge is 0.259 e. The van der Waals surface area contributed by atoms with Crippen LogP contribution in [0.3, 0.4) is 0 Å². The summed E-state index contributed by atoms with van der Waals surface area (Å²) in [6.45, 7) is 7.85. The highest BCUT2D eigenvalue weighted by Gasteiger charge is 2.25. The standard InChI is InChI=1S/C21H23BrN2OS/c1-21(2,3)17-8-6-16(7-9-17)19(25)24-13-12-23-20(24)26-14-15-4-10-18(22)11-5-15/h4-11H,12-14H2,1-3H3. The minimum Gasteiger partial charge on any atom is -0.286 e. The molecule has 0 fully saturated rings. The average Bonchev–Trinajstić information content (AvgIpc) is 3.08. The van der Waals surface area contributed by atoms with Crippen LogP contribution in [0.25, 0.3) is 0 Å². The zero-order valence-corrected chi connectivity index (χ0v) is 17.7. The number of carbonyl (C=O) groups excluding carboxylic acids is 1. The summed E-state index contributed by atoms with van der Waals surface area (Å²) in [4.78, 5) is 19.2. The molecule has 2 aromatic rings. The van der Waals surface area contributed by atoms with Crippen molar-refractivity contribution in [2.75, 3.05) is 13.1 Å². The Hall–Kier alpha value is -1.59. The van der Waals surface area contributed by atoms with Gasteiger partial charge in [-0.15, -0.1) is 0 Å². The highest BCUT2D eigenvalue weighted by molar-refractivity contribution is 9.10. The molecule has 0 bridgehead atoms. The molecule has 0 atom stereocenters. The number of aliphatic imine (C=N–C) groups is 1. The van der Waals surface area contributed by atoms with Crippen LogP contribution in [-0.2, 0) is 11.2 Å². The third kappa shape index (κ3) is 4.57. The van der Waals surface area contributed by atoms with Gasteiger partial charge in [0.25, 0.3) is 5.91 Å². The van der Waals surface area contributed by atoms with E-state index in [9.17, 15) is 4.79 Å². The summed E-state index contributed by atoms with van der Waals surface area (Å²) < 4.78 is 1.07. The molecule has 0 saturated heterocycles. The van der Waals surface area contributed by atoms with Gasteiger partial charge < -0.3 is 0 Å². The number of rotatable bonds is 3. The van der Waals surface area contributed by atoms with Gasteiger partial charge in [-0.3, -0.25) is 14.7 Å². The SMILES string of the molecule is CC(C)(C)c1ccc(C(=O)N2CCN=C2SCc2ccc(Br)cc2)cc1. The van der Waals surface area contributed by atoms with E-state index in [4.69, 9.17) is 0 Å². The molecule has 1 aliphatic heterocycles. The van der Waals surface area contributed by atoms with Crippen molar-refractivity contribution < 1.29 is 4.79 Å². The molecule has 0 radical (unpaired) electrons. The van der Waals surface area contributed by atoms with Crippen LogP contribution < -0.4 is 0 Å². The van der Waals surface area contributed by atoms with Crippen LogP contribution in [0.5, 0.6) is 0 Å². The minimum absolute atomic E-state index is 0.0324. The van der Waals surface area contributed by atoms with E-state index in [2.05, 4.69) is 66.0 Å². The molecule has 2 aromatic carbocycles. The zero-order valence-electron chi connectivity index (χ0n) is 15.3. The molecule has 1 aliphatic rings. The Labute approximate surface area is 168 Å². The number of nitrogens with zero attached hydrogens (tertiary/aromatic N) is 2. The van der Waals surface area contributed by atoms with Crippen LogP contribution in [0.2, 0.25) is 0 Å². The van der Waals surface area contributed by atoms with Gasteiger partial charge in [0, 0.05) is 22.3 Å². The van der Waals surface area contributed by atoms with Crippen LogP contribution >= 0.6 is 27.7 Å². The lowest BCUT2D eigenvalue weighted by molar-refractivity contribution is 0.0860. The topological polar surface area (TPSA) is 32.7 Å². The summed E-state index contributed by atoms with van der Waals surface area (Å²) in [7, 11) is 0. The molecule has 1 heterocycles. The Bertz CT molecular complexity index is 807. The van der Waals surface area contributed by atoms with Crippen LogP contribution in [0.1, 0.15) is 42.3 Å². The maximum absolute atomic E-state index is 12.9. The van der Waals surface area contributed by atoms with Crippen molar-refractivity contribution in [3.05, 3.63) is 69.7 Å². The van der Waals surface area contributed by atoms with E-state index < -0.39 is 0 Å². The zero-order chi connectivity index (χ0) is 18.7. The fourth-order valence-electron chi connectivity index (χ4n) is 2.74. The highest BCUT2D eigenvalue weighted by Crippen LogP contribution is 2.25. The number of benzene rings is 2. The van der Waals surface area contributed by atoms with E-state index in [0.717, 1.165) is 21.0 Å². The molecule has 0 unspecified atom stereocenters. The predicted molar refractivity (Wildman–Crippen MR) is 114 cm³/mol. The Morgan fingerprint density at radius 2 is 1.77 bits per heavy atom. The van der Waals surface area contributed by atoms with Crippen LogP contribution in [0.4, 0.5) is 0 Å². The molecule has 0 aromatic heterocycles. The van der Waals surface area contributed by atoms with E-state index in [1.807, 2.05) is 24.3 Å². The number of hydrogen-bond acceptors (Lipinski definition) is 3. The van der Waals surface area contributed by atoms with Crippen LogP contribution in [0, 0.1) is 0 Å². The van der Waals surface area contributed by atoms with Gasteiger partial charge in [-0.1, -0.05) is 72.7 Å². The van der Waals surface area contributed by atoms with Crippen molar-refractivity contribution in [3.8, 4) is 0 Å². The summed E-state index contributed by atoms with van der Waals surface area (Å²) >= 11 is 5.07. The number of hydrogen-bond donors (Lipinski definition) is 0. The second kappa shape index (κ2) is 7.97. The third-order valence-corrected chi connectivity index (χ3v) is 5.94. The molecule has 0 saturated carbocycles. The summed E-state index contributed by atoms with van der Waals surface area (Å²) in [5.74, 6) is 0.837. The third-order valence-electron chi connectivity index (χ3n) is 4.33. The second-order valence-corrected chi connectivity index (χ2v) is 9.22. The Morgan fingerprint density at radius 1 is 1.12 bits per heavy atom. The van der Waals surface area contributed by atoms with Gasteiger partial charge in [0.1, 0.15) is 0 Å². The average molecular weight is 431 g/mol. The molecular weight excluding hydrogens is 408 g/mol. The molecule has 3 nitrogen and oxygen atoms in total. The molecule has 136 valence electrons. The predicted octanol–water partition coefficient (Wildman–Crippen LogP) is 5.49. The highest BCUT2D eigenvalue weighted by atomic mass is 79.9. The minimum atomic E-state index is 0.0324. The van der Waals surface area contributed by atoms with Crippen molar-refractivity contribution in [2.45, 2.75) is 31.9 Å². The molecule has 1 amide bonds. The lowest BCUT2D eigenvalue weighted by Gasteiger charge is -2.21.